The number of pyridine rings is 1. The van der Waals surface area contributed by atoms with Crippen molar-refractivity contribution >= 4 is 22.8 Å². The highest BCUT2D eigenvalue weighted by molar-refractivity contribution is 5.87. The molecule has 1 atom stereocenters. The minimum atomic E-state index is -0.608. The molecule has 0 radical (unpaired) electrons. The molecule has 6 nitrogen and oxygen atoms in total. The van der Waals surface area contributed by atoms with Gasteiger partial charge in [0.25, 0.3) is 0 Å². The van der Waals surface area contributed by atoms with E-state index in [-0.39, 0.29) is 6.03 Å². The van der Waals surface area contributed by atoms with Crippen LogP contribution < -0.4 is 5.73 Å². The highest BCUT2D eigenvalue weighted by Gasteiger charge is 2.42. The predicted octanol–water partition coefficient (Wildman–Crippen LogP) is 2.37. The lowest BCUT2D eigenvalue weighted by Gasteiger charge is -2.35. The topological polar surface area (TPSA) is 79.5 Å². The van der Waals surface area contributed by atoms with Crippen molar-refractivity contribution in [1.29, 1.82) is 0 Å². The summed E-state index contributed by atoms with van der Waals surface area (Å²) in [6, 6.07) is 9.19. The molecule has 2 aromatic rings. The van der Waals surface area contributed by atoms with Crippen LogP contribution in [-0.4, -0.2) is 45.9 Å². The third kappa shape index (κ3) is 3.43. The Morgan fingerprint density at radius 1 is 1.28 bits per heavy atom. The van der Waals surface area contributed by atoms with Gasteiger partial charge in [-0.1, -0.05) is 39.0 Å². The molecule has 1 aromatic carbocycles. The molecular weight excluding hydrogens is 316 g/mol. The first-order chi connectivity index (χ1) is 11.8. The average Bonchev–Trinajstić information content (AvgIpc) is 2.87. The second-order valence-corrected chi connectivity index (χ2v) is 7.60. The third-order valence-corrected chi connectivity index (χ3v) is 4.57. The molecule has 2 N–H and O–H groups in total. The highest BCUT2D eigenvalue weighted by atomic mass is 16.2. The first kappa shape index (κ1) is 17.2. The van der Waals surface area contributed by atoms with Crippen LogP contribution >= 0.6 is 0 Å². The fourth-order valence-corrected chi connectivity index (χ4v) is 3.47. The van der Waals surface area contributed by atoms with Gasteiger partial charge in [-0.15, -0.1) is 0 Å². The van der Waals surface area contributed by atoms with Gasteiger partial charge < -0.3 is 15.5 Å². The zero-order chi connectivity index (χ0) is 18.2. The van der Waals surface area contributed by atoms with Crippen LogP contribution in [0.25, 0.3) is 10.9 Å². The van der Waals surface area contributed by atoms with Crippen LogP contribution in [0.4, 0.5) is 4.79 Å². The van der Waals surface area contributed by atoms with E-state index in [1.54, 1.807) is 16.0 Å². The summed E-state index contributed by atoms with van der Waals surface area (Å²) in [5.74, 6) is -0.461. The summed E-state index contributed by atoms with van der Waals surface area (Å²) in [4.78, 5) is 32.4. The third-order valence-electron chi connectivity index (χ3n) is 4.57. The van der Waals surface area contributed by atoms with Crippen LogP contribution in [0.3, 0.4) is 0 Å². The number of hydrogen-bond acceptors (Lipinski definition) is 3. The van der Waals surface area contributed by atoms with Crippen LogP contribution in [0, 0.1) is 5.41 Å². The molecule has 25 heavy (non-hydrogen) atoms. The molecule has 0 saturated carbocycles. The number of hydrogen-bond donors (Lipinski definition) is 1. The maximum absolute atomic E-state index is 12.8. The molecule has 1 aromatic heterocycles. The molecule has 1 saturated heterocycles. The minimum Gasteiger partial charge on any atom is -0.368 e. The lowest BCUT2D eigenvalue weighted by Crippen LogP contribution is -2.53. The number of benzene rings is 1. The maximum Gasteiger partial charge on any atom is 0.321 e. The Morgan fingerprint density at radius 3 is 2.72 bits per heavy atom. The van der Waals surface area contributed by atoms with E-state index in [4.69, 9.17) is 5.73 Å². The zero-order valence-electron chi connectivity index (χ0n) is 14.9. The fourth-order valence-electron chi connectivity index (χ4n) is 3.47. The summed E-state index contributed by atoms with van der Waals surface area (Å²) in [5.41, 5.74) is 7.10. The molecule has 0 spiro atoms. The number of nitrogens with two attached hydrogens (primary N) is 1. The van der Waals surface area contributed by atoms with Gasteiger partial charge in [0, 0.05) is 31.2 Å². The Morgan fingerprint density at radius 2 is 2.04 bits per heavy atom. The molecule has 132 valence electrons. The standard InChI is InChI=1S/C19H24N4O2/c1-19(2,3)16(17(20)24)23-10-9-22(18(23)25)12-13-6-7-14-5-4-8-21-15(14)11-13/h4-8,11,16H,9-10,12H2,1-3H3,(H2,20,24). The van der Waals surface area contributed by atoms with Crippen molar-refractivity contribution in [1.82, 2.24) is 14.8 Å². The number of fused-ring (bicyclic) bond motifs is 1. The van der Waals surface area contributed by atoms with Crippen LogP contribution in [0.2, 0.25) is 0 Å². The van der Waals surface area contributed by atoms with Gasteiger partial charge in [-0.3, -0.25) is 9.78 Å². The Kier molecular flexibility index (Phi) is 4.37. The molecule has 1 fully saturated rings. The van der Waals surface area contributed by atoms with Crippen molar-refractivity contribution in [3.63, 3.8) is 0 Å². The van der Waals surface area contributed by atoms with E-state index in [2.05, 4.69) is 4.98 Å². The largest absolute Gasteiger partial charge is 0.368 e. The summed E-state index contributed by atoms with van der Waals surface area (Å²) < 4.78 is 0. The van der Waals surface area contributed by atoms with E-state index in [0.717, 1.165) is 16.5 Å². The van der Waals surface area contributed by atoms with Gasteiger partial charge in [0.2, 0.25) is 5.91 Å². The normalized spacial score (nSPS) is 16.5. The number of primary amides is 1. The van der Waals surface area contributed by atoms with Gasteiger partial charge in [0.1, 0.15) is 6.04 Å². The van der Waals surface area contributed by atoms with E-state index in [0.29, 0.717) is 19.6 Å². The Bertz CT molecular complexity index is 812. The Balaban J connectivity index is 1.78. The highest BCUT2D eigenvalue weighted by Crippen LogP contribution is 2.28. The van der Waals surface area contributed by atoms with Gasteiger partial charge in [-0.2, -0.15) is 0 Å². The molecule has 3 rings (SSSR count). The number of aromatic nitrogens is 1. The zero-order valence-corrected chi connectivity index (χ0v) is 14.9. The lowest BCUT2D eigenvalue weighted by molar-refractivity contribution is -0.125. The molecule has 1 aliphatic rings. The first-order valence-electron chi connectivity index (χ1n) is 8.46. The van der Waals surface area contributed by atoms with Crippen molar-refractivity contribution in [2.75, 3.05) is 13.1 Å². The number of amides is 3. The van der Waals surface area contributed by atoms with E-state index < -0.39 is 17.4 Å². The molecule has 6 heteroatoms. The average molecular weight is 340 g/mol. The summed E-state index contributed by atoms with van der Waals surface area (Å²) in [6.07, 6.45) is 1.76. The van der Waals surface area contributed by atoms with E-state index in [9.17, 15) is 9.59 Å². The van der Waals surface area contributed by atoms with Crippen LogP contribution in [0.1, 0.15) is 26.3 Å². The molecule has 1 unspecified atom stereocenters. The number of rotatable bonds is 4. The van der Waals surface area contributed by atoms with Crippen LogP contribution in [-0.2, 0) is 11.3 Å². The first-order valence-corrected chi connectivity index (χ1v) is 8.46. The molecule has 3 amide bonds. The minimum absolute atomic E-state index is 0.139. The molecule has 1 aliphatic heterocycles. The summed E-state index contributed by atoms with van der Waals surface area (Å²) in [6.45, 7) is 7.36. The Hall–Kier alpha value is -2.63. The number of nitrogens with zero attached hydrogens (tertiary/aromatic N) is 3. The van der Waals surface area contributed by atoms with Crippen LogP contribution in [0.5, 0.6) is 0 Å². The fraction of sp³-hybridized carbons (Fsp3) is 0.421. The van der Waals surface area contributed by atoms with E-state index in [1.165, 1.54) is 0 Å². The number of carbonyl (C=O) groups excluding carboxylic acids is 2. The van der Waals surface area contributed by atoms with Crippen molar-refractivity contribution < 1.29 is 9.59 Å². The maximum atomic E-state index is 12.8. The number of carbonyl (C=O) groups is 2. The Labute approximate surface area is 147 Å². The van der Waals surface area contributed by atoms with E-state index >= 15 is 0 Å². The quantitative estimate of drug-likeness (QED) is 0.928. The van der Waals surface area contributed by atoms with Crippen molar-refractivity contribution in [2.45, 2.75) is 33.4 Å². The van der Waals surface area contributed by atoms with Gasteiger partial charge in [-0.25, -0.2) is 4.79 Å². The van der Waals surface area contributed by atoms with Crippen molar-refractivity contribution in [3.05, 3.63) is 42.1 Å². The SMILES string of the molecule is CC(C)(C)C(C(N)=O)N1CCN(Cc2ccc3cccnc3c2)C1=O. The van der Waals surface area contributed by atoms with Crippen LogP contribution in [0.15, 0.2) is 36.5 Å². The summed E-state index contributed by atoms with van der Waals surface area (Å²) in [7, 11) is 0. The van der Waals surface area contributed by atoms with Crippen molar-refractivity contribution in [2.24, 2.45) is 11.1 Å². The molecule has 2 heterocycles. The van der Waals surface area contributed by atoms with Crippen molar-refractivity contribution in [3.8, 4) is 0 Å². The van der Waals surface area contributed by atoms with Gasteiger partial charge in [0.15, 0.2) is 0 Å². The van der Waals surface area contributed by atoms with Gasteiger partial charge >= 0.3 is 6.03 Å². The smallest absolute Gasteiger partial charge is 0.321 e. The predicted molar refractivity (Wildman–Crippen MR) is 96.7 cm³/mol. The second kappa shape index (κ2) is 6.35. The second-order valence-electron chi connectivity index (χ2n) is 7.60. The monoisotopic (exact) mass is 340 g/mol. The van der Waals surface area contributed by atoms with Gasteiger partial charge in [0.05, 0.1) is 5.52 Å². The number of urea groups is 1. The summed E-state index contributed by atoms with van der Waals surface area (Å²) in [5, 5.41) is 1.07. The van der Waals surface area contributed by atoms with Gasteiger partial charge in [-0.05, 0) is 23.1 Å². The summed E-state index contributed by atoms with van der Waals surface area (Å²) >= 11 is 0. The lowest BCUT2D eigenvalue weighted by atomic mass is 9.85. The molecule has 0 aliphatic carbocycles. The van der Waals surface area contributed by atoms with E-state index in [1.807, 2.05) is 51.1 Å². The molecular formula is C19H24N4O2. The molecule has 0 bridgehead atoms.